The average Bonchev–Trinajstić information content (AvgIpc) is 3.29. The Balaban J connectivity index is 1.73. The van der Waals surface area contributed by atoms with Gasteiger partial charge in [0.15, 0.2) is 0 Å². The van der Waals surface area contributed by atoms with Crippen molar-refractivity contribution in [1.29, 1.82) is 0 Å². The lowest BCUT2D eigenvalue weighted by Crippen LogP contribution is -2.38. The number of nitrogens with one attached hydrogen (secondary N) is 1. The number of carbonyl (C=O) groups is 2. The Bertz CT molecular complexity index is 809. The summed E-state index contributed by atoms with van der Waals surface area (Å²) in [7, 11) is 0. The summed E-state index contributed by atoms with van der Waals surface area (Å²) < 4.78 is 1.66. The zero-order valence-corrected chi connectivity index (χ0v) is 15.2. The first kappa shape index (κ1) is 18.1. The zero-order valence-electron chi connectivity index (χ0n) is 15.2. The molecule has 0 atom stereocenters. The van der Waals surface area contributed by atoms with E-state index in [-0.39, 0.29) is 18.3 Å². The van der Waals surface area contributed by atoms with Crippen LogP contribution in [0.4, 0.5) is 0 Å². The van der Waals surface area contributed by atoms with E-state index < -0.39 is 5.91 Å². The van der Waals surface area contributed by atoms with Gasteiger partial charge >= 0.3 is 0 Å². The van der Waals surface area contributed by atoms with E-state index in [9.17, 15) is 9.59 Å². The maximum absolute atomic E-state index is 12.3. The van der Waals surface area contributed by atoms with Crippen molar-refractivity contribution in [3.63, 3.8) is 0 Å². The normalized spacial score (nSPS) is 14.1. The smallest absolute Gasteiger partial charge is 0.291 e. The van der Waals surface area contributed by atoms with Crippen LogP contribution < -0.4 is 5.32 Å². The molecule has 1 aliphatic rings. The summed E-state index contributed by atoms with van der Waals surface area (Å²) >= 11 is 0. The number of aromatic nitrogens is 3. The third kappa shape index (κ3) is 3.75. The molecular weight excluding hydrogens is 334 g/mol. The molecule has 2 aromatic rings. The molecule has 2 heterocycles. The number of amides is 2. The minimum atomic E-state index is -0.485. The van der Waals surface area contributed by atoms with Crippen LogP contribution in [-0.2, 0) is 9.63 Å². The van der Waals surface area contributed by atoms with E-state index in [1.165, 1.54) is 5.06 Å². The maximum Gasteiger partial charge on any atom is 0.291 e. The minimum Gasteiger partial charge on any atom is -0.340 e. The molecular formula is C18H23N5O3. The van der Waals surface area contributed by atoms with Crippen LogP contribution in [0, 0.1) is 6.92 Å². The highest BCUT2D eigenvalue weighted by molar-refractivity contribution is 5.93. The molecule has 8 heteroatoms. The molecule has 0 saturated carbocycles. The van der Waals surface area contributed by atoms with Crippen LogP contribution in [-0.4, -0.2) is 51.3 Å². The van der Waals surface area contributed by atoms with E-state index >= 15 is 0 Å². The van der Waals surface area contributed by atoms with E-state index in [1.807, 2.05) is 24.3 Å². The quantitative estimate of drug-likeness (QED) is 0.878. The van der Waals surface area contributed by atoms with Crippen LogP contribution in [0.5, 0.6) is 0 Å². The molecule has 0 unspecified atom stereocenters. The van der Waals surface area contributed by atoms with Gasteiger partial charge in [-0.25, -0.2) is 14.7 Å². The van der Waals surface area contributed by atoms with E-state index in [2.05, 4.69) is 29.2 Å². The summed E-state index contributed by atoms with van der Waals surface area (Å²) in [5.74, 6) is 0.192. The molecule has 2 amide bonds. The van der Waals surface area contributed by atoms with Crippen LogP contribution >= 0.6 is 0 Å². The monoisotopic (exact) mass is 357 g/mol. The summed E-state index contributed by atoms with van der Waals surface area (Å²) in [5.41, 5.74) is 2.02. The first-order valence-corrected chi connectivity index (χ1v) is 8.72. The van der Waals surface area contributed by atoms with Crippen molar-refractivity contribution in [2.75, 3.05) is 19.7 Å². The van der Waals surface area contributed by atoms with Gasteiger partial charge in [0.2, 0.25) is 5.82 Å². The molecule has 0 radical (unpaired) electrons. The maximum atomic E-state index is 12.3. The zero-order chi connectivity index (χ0) is 18.7. The van der Waals surface area contributed by atoms with Crippen LogP contribution in [0.2, 0.25) is 0 Å². The Morgan fingerprint density at radius 3 is 2.77 bits per heavy atom. The molecule has 26 heavy (non-hydrogen) atoms. The van der Waals surface area contributed by atoms with Gasteiger partial charge in [-0.05, 0) is 30.9 Å². The van der Waals surface area contributed by atoms with Crippen molar-refractivity contribution in [2.45, 2.75) is 33.1 Å². The molecule has 0 aliphatic carbocycles. The Morgan fingerprint density at radius 2 is 2.08 bits per heavy atom. The van der Waals surface area contributed by atoms with Gasteiger partial charge in [-0.1, -0.05) is 32.0 Å². The molecule has 138 valence electrons. The van der Waals surface area contributed by atoms with Gasteiger partial charge in [0, 0.05) is 0 Å². The number of aryl methyl sites for hydroxylation is 1. The Labute approximate surface area is 152 Å². The molecule has 3 rings (SSSR count). The molecule has 0 spiro atoms. The average molecular weight is 357 g/mol. The highest BCUT2D eigenvalue weighted by Crippen LogP contribution is 2.23. The topological polar surface area (TPSA) is 89.3 Å². The van der Waals surface area contributed by atoms with Gasteiger partial charge in [0.1, 0.15) is 5.82 Å². The molecule has 1 saturated heterocycles. The molecule has 1 N–H and O–H groups in total. The number of para-hydroxylation sites is 1. The molecule has 1 aliphatic heterocycles. The Morgan fingerprint density at radius 1 is 1.31 bits per heavy atom. The van der Waals surface area contributed by atoms with Gasteiger partial charge in [0.25, 0.3) is 11.8 Å². The van der Waals surface area contributed by atoms with Crippen LogP contribution in [0.25, 0.3) is 5.69 Å². The fourth-order valence-electron chi connectivity index (χ4n) is 2.85. The minimum absolute atomic E-state index is 0.0381. The van der Waals surface area contributed by atoms with Gasteiger partial charge in [-0.3, -0.25) is 14.4 Å². The predicted octanol–water partition coefficient (Wildman–Crippen LogP) is 1.59. The highest BCUT2D eigenvalue weighted by atomic mass is 16.7. The van der Waals surface area contributed by atoms with Gasteiger partial charge in [-0.15, -0.1) is 5.10 Å². The second-order valence-corrected chi connectivity index (χ2v) is 6.47. The number of hydrogen-bond donors (Lipinski definition) is 1. The number of hydrogen-bond acceptors (Lipinski definition) is 5. The molecule has 8 nitrogen and oxygen atoms in total. The second-order valence-electron chi connectivity index (χ2n) is 6.47. The predicted molar refractivity (Wildman–Crippen MR) is 94.8 cm³/mol. The third-order valence-corrected chi connectivity index (χ3v) is 4.19. The number of nitrogens with zero attached hydrogens (tertiary/aromatic N) is 4. The molecule has 0 bridgehead atoms. The standard InChI is InChI=1S/C18H23N5O3/c1-12(2)14-7-4-5-8-15(14)23-13(3)20-17(21-23)18(25)19-11-16(24)22-9-6-10-26-22/h4-5,7-8,12H,6,9-11H2,1-3H3,(H,19,25). The number of benzene rings is 1. The first-order chi connectivity index (χ1) is 12.5. The lowest BCUT2D eigenvalue weighted by molar-refractivity contribution is -0.167. The number of hydroxylamine groups is 2. The highest BCUT2D eigenvalue weighted by Gasteiger charge is 2.22. The summed E-state index contributed by atoms with van der Waals surface area (Å²) in [6.07, 6.45) is 0.806. The summed E-state index contributed by atoms with van der Waals surface area (Å²) in [5, 5.41) is 8.17. The molecule has 1 aromatic carbocycles. The van der Waals surface area contributed by atoms with Crippen molar-refractivity contribution < 1.29 is 14.4 Å². The summed E-state index contributed by atoms with van der Waals surface area (Å²) in [6.45, 7) is 6.93. The first-order valence-electron chi connectivity index (χ1n) is 8.72. The third-order valence-electron chi connectivity index (χ3n) is 4.19. The summed E-state index contributed by atoms with van der Waals surface area (Å²) in [4.78, 5) is 33.7. The van der Waals surface area contributed by atoms with Crippen LogP contribution in [0.1, 0.15) is 48.2 Å². The van der Waals surface area contributed by atoms with Crippen molar-refractivity contribution in [3.8, 4) is 5.69 Å². The van der Waals surface area contributed by atoms with Crippen LogP contribution in [0.3, 0.4) is 0 Å². The van der Waals surface area contributed by atoms with Crippen molar-refractivity contribution >= 4 is 11.8 Å². The second kappa shape index (κ2) is 7.65. The lowest BCUT2D eigenvalue weighted by Gasteiger charge is -2.13. The van der Waals surface area contributed by atoms with E-state index in [0.717, 1.165) is 17.7 Å². The fraction of sp³-hybridized carbons (Fsp3) is 0.444. The van der Waals surface area contributed by atoms with E-state index in [1.54, 1.807) is 11.6 Å². The fourth-order valence-corrected chi connectivity index (χ4v) is 2.85. The molecule has 1 aromatic heterocycles. The number of carbonyl (C=O) groups excluding carboxylic acids is 2. The Kier molecular flexibility index (Phi) is 5.32. The van der Waals surface area contributed by atoms with Crippen LogP contribution in [0.15, 0.2) is 24.3 Å². The van der Waals surface area contributed by atoms with Gasteiger partial charge < -0.3 is 5.32 Å². The summed E-state index contributed by atoms with van der Waals surface area (Å²) in [6, 6.07) is 7.89. The van der Waals surface area contributed by atoms with Gasteiger partial charge in [-0.2, -0.15) is 0 Å². The van der Waals surface area contributed by atoms with Crippen molar-refractivity contribution in [3.05, 3.63) is 41.5 Å². The molecule has 1 fully saturated rings. The largest absolute Gasteiger partial charge is 0.340 e. The SMILES string of the molecule is Cc1nc(C(=O)NCC(=O)N2CCCO2)nn1-c1ccccc1C(C)C. The number of rotatable bonds is 5. The van der Waals surface area contributed by atoms with Crippen molar-refractivity contribution in [2.24, 2.45) is 0 Å². The van der Waals surface area contributed by atoms with E-state index in [4.69, 9.17) is 4.84 Å². The Hall–Kier alpha value is -2.74. The van der Waals surface area contributed by atoms with Gasteiger partial charge in [0.05, 0.1) is 25.4 Å². The van der Waals surface area contributed by atoms with E-state index in [0.29, 0.717) is 24.9 Å². The lowest BCUT2D eigenvalue weighted by atomic mass is 10.0. The van der Waals surface area contributed by atoms with Crippen molar-refractivity contribution in [1.82, 2.24) is 25.1 Å².